The average Bonchev–Trinajstić information content (AvgIpc) is 3.11. The number of rotatable bonds is 5. The van der Waals surface area contributed by atoms with Gasteiger partial charge in [0.05, 0.1) is 4.92 Å². The molecule has 1 aromatic heterocycles. The Bertz CT molecular complexity index is 471. The molecule has 0 bridgehead atoms. The van der Waals surface area contributed by atoms with Crippen molar-refractivity contribution < 1.29 is 4.92 Å². The Morgan fingerprint density at radius 3 is 2.50 bits per heavy atom. The largest absolute Gasteiger partial charge is 0.367 e. The van der Waals surface area contributed by atoms with E-state index in [4.69, 9.17) is 0 Å². The van der Waals surface area contributed by atoms with E-state index < -0.39 is 4.92 Å². The molecule has 0 aliphatic heterocycles. The van der Waals surface area contributed by atoms with Crippen molar-refractivity contribution in [2.24, 2.45) is 5.92 Å². The van der Waals surface area contributed by atoms with Crippen molar-refractivity contribution in [3.8, 4) is 0 Å². The first-order valence-electron chi connectivity index (χ1n) is 5.91. The van der Waals surface area contributed by atoms with Gasteiger partial charge in [-0.2, -0.15) is 0 Å². The van der Waals surface area contributed by atoms with Crippen LogP contribution >= 0.6 is 0 Å². The number of nitrogens with one attached hydrogen (secondary N) is 2. The molecule has 1 aliphatic rings. The number of hydrogen-bond donors (Lipinski definition) is 2. The van der Waals surface area contributed by atoms with Crippen LogP contribution in [0.15, 0.2) is 6.33 Å². The predicted octanol–water partition coefficient (Wildman–Crippen LogP) is 2.03. The van der Waals surface area contributed by atoms with Gasteiger partial charge in [-0.1, -0.05) is 0 Å². The van der Waals surface area contributed by atoms with Crippen LogP contribution in [-0.2, 0) is 0 Å². The van der Waals surface area contributed by atoms with Crippen LogP contribution in [0, 0.1) is 16.0 Å². The van der Waals surface area contributed by atoms with Gasteiger partial charge in [0.1, 0.15) is 6.33 Å². The Hall–Kier alpha value is -1.92. The third kappa shape index (κ3) is 2.34. The van der Waals surface area contributed by atoms with E-state index >= 15 is 0 Å². The highest BCUT2D eigenvalue weighted by Crippen LogP contribution is 2.42. The molecule has 1 aliphatic carbocycles. The van der Waals surface area contributed by atoms with Crippen LogP contribution in [0.2, 0.25) is 0 Å². The number of nitrogens with zero attached hydrogens (tertiary/aromatic N) is 3. The van der Waals surface area contributed by atoms with Gasteiger partial charge in [0.15, 0.2) is 0 Å². The van der Waals surface area contributed by atoms with Gasteiger partial charge in [0.2, 0.25) is 11.6 Å². The van der Waals surface area contributed by atoms with Crippen molar-refractivity contribution in [2.75, 3.05) is 17.7 Å². The minimum atomic E-state index is -0.461. The molecule has 0 atom stereocenters. The maximum absolute atomic E-state index is 11.1. The first-order valence-corrected chi connectivity index (χ1v) is 5.91. The van der Waals surface area contributed by atoms with E-state index in [2.05, 4.69) is 20.6 Å². The van der Waals surface area contributed by atoms with E-state index in [-0.39, 0.29) is 22.9 Å². The summed E-state index contributed by atoms with van der Waals surface area (Å²) in [5, 5.41) is 17.0. The van der Waals surface area contributed by atoms with Gasteiger partial charge < -0.3 is 10.6 Å². The molecular weight excluding hydrogens is 234 g/mol. The van der Waals surface area contributed by atoms with Gasteiger partial charge in [-0.05, 0) is 32.6 Å². The second-order valence-electron chi connectivity index (χ2n) is 5.05. The molecule has 18 heavy (non-hydrogen) atoms. The maximum atomic E-state index is 11.1. The fraction of sp³-hybridized carbons (Fsp3) is 0.636. The summed E-state index contributed by atoms with van der Waals surface area (Å²) in [5.41, 5.74) is -0.293. The number of hydrogen-bond acceptors (Lipinski definition) is 6. The molecule has 0 spiro atoms. The Balaban J connectivity index is 2.34. The summed E-state index contributed by atoms with van der Waals surface area (Å²) in [5.74, 6) is 1.05. The van der Waals surface area contributed by atoms with E-state index in [1.54, 1.807) is 7.05 Å². The van der Waals surface area contributed by atoms with E-state index in [1.165, 1.54) is 6.33 Å². The van der Waals surface area contributed by atoms with Crippen molar-refractivity contribution in [3.05, 3.63) is 16.4 Å². The zero-order chi connectivity index (χ0) is 13.3. The fourth-order valence-electron chi connectivity index (χ4n) is 2.04. The minimum absolute atomic E-state index is 0.103. The van der Waals surface area contributed by atoms with E-state index in [0.717, 1.165) is 12.8 Å². The molecule has 7 heteroatoms. The smallest absolute Gasteiger partial charge is 0.353 e. The predicted molar refractivity (Wildman–Crippen MR) is 68.7 cm³/mol. The van der Waals surface area contributed by atoms with Gasteiger partial charge in [-0.3, -0.25) is 10.1 Å². The van der Waals surface area contributed by atoms with Crippen LogP contribution in [-0.4, -0.2) is 27.5 Å². The molecule has 98 valence electrons. The molecule has 2 rings (SSSR count). The average molecular weight is 251 g/mol. The lowest BCUT2D eigenvalue weighted by Gasteiger charge is -2.26. The van der Waals surface area contributed by atoms with Gasteiger partial charge in [0, 0.05) is 12.6 Å². The van der Waals surface area contributed by atoms with Crippen LogP contribution in [0.25, 0.3) is 0 Å². The second-order valence-corrected chi connectivity index (χ2v) is 5.05. The first-order chi connectivity index (χ1) is 8.45. The molecule has 1 heterocycles. The van der Waals surface area contributed by atoms with Crippen LogP contribution in [0.1, 0.15) is 26.7 Å². The van der Waals surface area contributed by atoms with E-state index in [1.807, 2.05) is 13.8 Å². The quantitative estimate of drug-likeness (QED) is 0.614. The van der Waals surface area contributed by atoms with Crippen molar-refractivity contribution in [1.82, 2.24) is 9.97 Å². The lowest BCUT2D eigenvalue weighted by atomic mass is 9.99. The third-order valence-electron chi connectivity index (χ3n) is 3.28. The molecule has 0 unspecified atom stereocenters. The summed E-state index contributed by atoms with van der Waals surface area (Å²) in [6.07, 6.45) is 3.62. The molecule has 0 aromatic carbocycles. The third-order valence-corrected chi connectivity index (χ3v) is 3.28. The van der Waals surface area contributed by atoms with E-state index in [0.29, 0.717) is 5.92 Å². The van der Waals surface area contributed by atoms with E-state index in [9.17, 15) is 10.1 Å². The highest BCUT2D eigenvalue weighted by Gasteiger charge is 2.39. The Morgan fingerprint density at radius 1 is 1.39 bits per heavy atom. The first kappa shape index (κ1) is 12.5. The molecule has 0 saturated heterocycles. The second kappa shape index (κ2) is 4.40. The van der Waals surface area contributed by atoms with Gasteiger partial charge in [0.25, 0.3) is 0 Å². The molecule has 1 fully saturated rings. The van der Waals surface area contributed by atoms with Crippen molar-refractivity contribution in [3.63, 3.8) is 0 Å². The van der Waals surface area contributed by atoms with Crippen molar-refractivity contribution in [1.29, 1.82) is 0 Å². The van der Waals surface area contributed by atoms with Crippen molar-refractivity contribution in [2.45, 2.75) is 32.2 Å². The van der Waals surface area contributed by atoms with Gasteiger partial charge in [-0.25, -0.2) is 9.97 Å². The molecular formula is C11H17N5O2. The molecule has 0 amide bonds. The number of anilines is 2. The Morgan fingerprint density at radius 2 is 2.00 bits per heavy atom. The Labute approximate surface area is 105 Å². The minimum Gasteiger partial charge on any atom is -0.367 e. The monoisotopic (exact) mass is 251 g/mol. The zero-order valence-electron chi connectivity index (χ0n) is 10.7. The molecule has 1 aromatic rings. The van der Waals surface area contributed by atoms with Gasteiger partial charge >= 0.3 is 5.69 Å². The zero-order valence-corrected chi connectivity index (χ0v) is 10.7. The summed E-state index contributed by atoms with van der Waals surface area (Å²) in [7, 11) is 1.60. The molecule has 1 saturated carbocycles. The fourth-order valence-corrected chi connectivity index (χ4v) is 2.04. The van der Waals surface area contributed by atoms with Crippen LogP contribution < -0.4 is 10.6 Å². The SMILES string of the molecule is CNc1ncnc(NC(C)(C)C2CC2)c1[N+](=O)[O-]. The van der Waals surface area contributed by atoms with Gasteiger partial charge in [-0.15, -0.1) is 0 Å². The summed E-state index contributed by atoms with van der Waals surface area (Å²) in [4.78, 5) is 18.5. The molecule has 0 radical (unpaired) electrons. The van der Waals surface area contributed by atoms with Crippen molar-refractivity contribution >= 4 is 17.3 Å². The lowest BCUT2D eigenvalue weighted by Crippen LogP contribution is -2.34. The summed E-state index contributed by atoms with van der Waals surface area (Å²) in [6.45, 7) is 4.07. The summed E-state index contributed by atoms with van der Waals surface area (Å²) in [6, 6.07) is 0. The van der Waals surface area contributed by atoms with Crippen LogP contribution in [0.3, 0.4) is 0 Å². The van der Waals surface area contributed by atoms with Crippen LogP contribution in [0.5, 0.6) is 0 Å². The molecule has 7 nitrogen and oxygen atoms in total. The lowest BCUT2D eigenvalue weighted by molar-refractivity contribution is -0.383. The standard InChI is InChI=1S/C11H17N5O2/c1-11(2,7-4-5-7)15-10-8(16(17)18)9(12-3)13-6-14-10/h6-7H,4-5H2,1-3H3,(H2,12,13,14,15). The highest BCUT2D eigenvalue weighted by molar-refractivity contribution is 5.69. The topological polar surface area (TPSA) is 93.0 Å². The normalized spacial score (nSPS) is 15.3. The molecule has 2 N–H and O–H groups in total. The highest BCUT2D eigenvalue weighted by atomic mass is 16.6. The maximum Gasteiger partial charge on any atom is 0.353 e. The van der Waals surface area contributed by atoms with Crippen LogP contribution in [0.4, 0.5) is 17.3 Å². The number of aromatic nitrogens is 2. The number of nitro groups is 1. The summed E-state index contributed by atoms with van der Waals surface area (Å²) < 4.78 is 0. The summed E-state index contributed by atoms with van der Waals surface area (Å²) >= 11 is 0. The Kier molecular flexibility index (Phi) is 3.06.